The van der Waals surface area contributed by atoms with E-state index in [1.807, 2.05) is 0 Å². The highest BCUT2D eigenvalue weighted by Gasteiger charge is 2.67. The van der Waals surface area contributed by atoms with Gasteiger partial charge in [-0.1, -0.05) is 13.8 Å². The van der Waals surface area contributed by atoms with E-state index in [4.69, 9.17) is 0 Å². The monoisotopic (exact) mass is 282 g/mol. The van der Waals surface area contributed by atoms with E-state index < -0.39 is 29.3 Å². The normalized spacial score (nSPS) is 31.6. The standard InChI is InChI=1S/C14H22N2O4/c1-14(2)9(10(14)13(19)20)12(18)16-7-5-4-6-8(16)11(17)15-3/h8-10H,4-7H2,1-3H3,(H,15,17)(H,19,20). The van der Waals surface area contributed by atoms with Gasteiger partial charge in [-0.25, -0.2) is 0 Å². The van der Waals surface area contributed by atoms with E-state index in [2.05, 4.69) is 5.32 Å². The maximum Gasteiger partial charge on any atom is 0.307 e. The molecule has 2 aliphatic rings. The second kappa shape index (κ2) is 5.07. The Kier molecular flexibility index (Phi) is 3.75. The minimum absolute atomic E-state index is 0.164. The van der Waals surface area contributed by atoms with Gasteiger partial charge in [0.25, 0.3) is 0 Å². The van der Waals surface area contributed by atoms with Gasteiger partial charge >= 0.3 is 5.97 Å². The van der Waals surface area contributed by atoms with Gasteiger partial charge in [0.1, 0.15) is 6.04 Å². The van der Waals surface area contributed by atoms with Crippen molar-refractivity contribution in [3.63, 3.8) is 0 Å². The number of hydrogen-bond acceptors (Lipinski definition) is 3. The number of carboxylic acids is 1. The average Bonchev–Trinajstić information content (AvgIpc) is 3.00. The molecule has 1 heterocycles. The predicted octanol–water partition coefficient (Wildman–Crippen LogP) is 0.470. The Morgan fingerprint density at radius 2 is 1.85 bits per heavy atom. The van der Waals surface area contributed by atoms with Crippen molar-refractivity contribution in [1.82, 2.24) is 10.2 Å². The van der Waals surface area contributed by atoms with Gasteiger partial charge in [-0.15, -0.1) is 0 Å². The zero-order valence-electron chi connectivity index (χ0n) is 12.2. The molecule has 1 saturated carbocycles. The van der Waals surface area contributed by atoms with Gasteiger partial charge in [0.2, 0.25) is 11.8 Å². The van der Waals surface area contributed by atoms with Crippen LogP contribution in [0.3, 0.4) is 0 Å². The van der Waals surface area contributed by atoms with Gasteiger partial charge in [-0.2, -0.15) is 0 Å². The molecule has 6 nitrogen and oxygen atoms in total. The maximum atomic E-state index is 12.6. The van der Waals surface area contributed by atoms with Crippen LogP contribution in [-0.4, -0.2) is 47.4 Å². The summed E-state index contributed by atoms with van der Waals surface area (Å²) in [6.07, 6.45) is 2.43. The Balaban J connectivity index is 2.15. The van der Waals surface area contributed by atoms with Crippen molar-refractivity contribution < 1.29 is 19.5 Å². The third-order valence-electron chi connectivity index (χ3n) is 4.69. The molecule has 2 fully saturated rings. The topological polar surface area (TPSA) is 86.7 Å². The number of carbonyl (C=O) groups excluding carboxylic acids is 2. The van der Waals surface area contributed by atoms with Gasteiger partial charge in [-0.3, -0.25) is 14.4 Å². The predicted molar refractivity (Wildman–Crippen MR) is 71.8 cm³/mol. The van der Waals surface area contributed by atoms with Crippen molar-refractivity contribution in [2.45, 2.75) is 39.2 Å². The van der Waals surface area contributed by atoms with Crippen LogP contribution in [0.1, 0.15) is 33.1 Å². The molecule has 0 bridgehead atoms. The van der Waals surface area contributed by atoms with Gasteiger partial charge in [0.05, 0.1) is 11.8 Å². The summed E-state index contributed by atoms with van der Waals surface area (Å²) in [6.45, 7) is 4.14. The fraction of sp³-hybridized carbons (Fsp3) is 0.786. The van der Waals surface area contributed by atoms with Crippen LogP contribution in [-0.2, 0) is 14.4 Å². The molecule has 6 heteroatoms. The van der Waals surface area contributed by atoms with Gasteiger partial charge in [-0.05, 0) is 24.7 Å². The molecule has 0 radical (unpaired) electrons. The number of carbonyl (C=O) groups is 3. The Hall–Kier alpha value is -1.59. The highest BCUT2D eigenvalue weighted by molar-refractivity contribution is 5.94. The van der Waals surface area contributed by atoms with Gasteiger partial charge < -0.3 is 15.3 Å². The smallest absolute Gasteiger partial charge is 0.307 e. The van der Waals surface area contributed by atoms with Crippen LogP contribution in [0.25, 0.3) is 0 Å². The van der Waals surface area contributed by atoms with E-state index in [1.165, 1.54) is 0 Å². The maximum absolute atomic E-state index is 12.6. The average molecular weight is 282 g/mol. The second-order valence-electron chi connectivity index (χ2n) is 6.27. The summed E-state index contributed by atoms with van der Waals surface area (Å²) in [5, 5.41) is 11.8. The number of nitrogens with one attached hydrogen (secondary N) is 1. The molecule has 20 heavy (non-hydrogen) atoms. The fourth-order valence-electron chi connectivity index (χ4n) is 3.37. The van der Waals surface area contributed by atoms with Crippen LogP contribution < -0.4 is 5.32 Å². The first-order chi connectivity index (χ1) is 9.32. The van der Waals surface area contributed by atoms with Gasteiger partial charge in [0.15, 0.2) is 0 Å². The van der Waals surface area contributed by atoms with Crippen molar-refractivity contribution in [1.29, 1.82) is 0 Å². The van der Waals surface area contributed by atoms with Crippen LogP contribution in [0.5, 0.6) is 0 Å². The largest absolute Gasteiger partial charge is 0.481 e. The van der Waals surface area contributed by atoms with E-state index in [-0.39, 0.29) is 11.8 Å². The van der Waals surface area contributed by atoms with E-state index in [1.54, 1.807) is 25.8 Å². The Morgan fingerprint density at radius 1 is 1.20 bits per heavy atom. The molecule has 0 aromatic carbocycles. The molecule has 2 amide bonds. The molecule has 1 aliphatic carbocycles. The van der Waals surface area contributed by atoms with Crippen molar-refractivity contribution in [3.05, 3.63) is 0 Å². The zero-order valence-corrected chi connectivity index (χ0v) is 12.2. The Labute approximate surface area is 118 Å². The van der Waals surface area contributed by atoms with Crippen LogP contribution in [0.4, 0.5) is 0 Å². The lowest BCUT2D eigenvalue weighted by Gasteiger charge is -2.35. The summed E-state index contributed by atoms with van der Waals surface area (Å²) in [7, 11) is 1.56. The molecule has 1 aliphatic heterocycles. The minimum Gasteiger partial charge on any atom is -0.481 e. The number of nitrogens with zero attached hydrogens (tertiary/aromatic N) is 1. The summed E-state index contributed by atoms with van der Waals surface area (Å²) in [5.74, 6) is -2.42. The third kappa shape index (κ3) is 2.27. The fourth-order valence-corrected chi connectivity index (χ4v) is 3.37. The second-order valence-corrected chi connectivity index (χ2v) is 6.27. The molecule has 3 unspecified atom stereocenters. The minimum atomic E-state index is -0.929. The molecule has 1 saturated heterocycles. The third-order valence-corrected chi connectivity index (χ3v) is 4.69. The number of aliphatic carboxylic acids is 1. The van der Waals surface area contributed by atoms with E-state index >= 15 is 0 Å². The summed E-state index contributed by atoms with van der Waals surface area (Å²) >= 11 is 0. The lowest BCUT2D eigenvalue weighted by atomic mass is 9.99. The molecule has 3 atom stereocenters. The molecular weight excluding hydrogens is 260 g/mol. The first kappa shape index (κ1) is 14.8. The van der Waals surface area contributed by atoms with Crippen LogP contribution in [0.2, 0.25) is 0 Å². The first-order valence-corrected chi connectivity index (χ1v) is 7.07. The highest BCUT2D eigenvalue weighted by Crippen LogP contribution is 2.59. The molecule has 2 N–H and O–H groups in total. The van der Waals surface area contributed by atoms with E-state index in [0.717, 1.165) is 12.8 Å². The van der Waals surface area contributed by atoms with Crippen molar-refractivity contribution in [2.24, 2.45) is 17.3 Å². The molecule has 0 aromatic rings. The molecule has 2 rings (SSSR count). The SMILES string of the molecule is CNC(=O)C1CCCCN1C(=O)C1C(C(=O)O)C1(C)C. The quantitative estimate of drug-likeness (QED) is 0.788. The number of likely N-dealkylation sites (tertiary alicyclic amines) is 1. The lowest BCUT2D eigenvalue weighted by molar-refractivity contribution is -0.145. The van der Waals surface area contributed by atoms with E-state index in [9.17, 15) is 19.5 Å². The molecular formula is C14H22N2O4. The lowest BCUT2D eigenvalue weighted by Crippen LogP contribution is -2.52. The van der Waals surface area contributed by atoms with E-state index in [0.29, 0.717) is 13.0 Å². The van der Waals surface area contributed by atoms with Crippen LogP contribution in [0.15, 0.2) is 0 Å². The van der Waals surface area contributed by atoms with Crippen LogP contribution in [0, 0.1) is 17.3 Å². The van der Waals surface area contributed by atoms with Crippen molar-refractivity contribution >= 4 is 17.8 Å². The summed E-state index contributed by atoms with van der Waals surface area (Å²) in [5.41, 5.74) is -0.520. The summed E-state index contributed by atoms with van der Waals surface area (Å²) in [6, 6.07) is -0.452. The van der Waals surface area contributed by atoms with Crippen molar-refractivity contribution in [3.8, 4) is 0 Å². The van der Waals surface area contributed by atoms with Gasteiger partial charge in [0, 0.05) is 13.6 Å². The summed E-state index contributed by atoms with van der Waals surface area (Å²) in [4.78, 5) is 37.3. The number of carboxylic acid groups (broad SMARTS) is 1. The number of piperidine rings is 1. The first-order valence-electron chi connectivity index (χ1n) is 7.07. The van der Waals surface area contributed by atoms with Crippen LogP contribution >= 0.6 is 0 Å². The number of hydrogen-bond donors (Lipinski definition) is 2. The Bertz CT molecular complexity index is 446. The molecule has 0 spiro atoms. The highest BCUT2D eigenvalue weighted by atomic mass is 16.4. The molecule has 0 aromatic heterocycles. The zero-order chi connectivity index (χ0) is 15.1. The van der Waals surface area contributed by atoms with Crippen molar-refractivity contribution in [2.75, 3.05) is 13.6 Å². The summed E-state index contributed by atoms with van der Waals surface area (Å²) < 4.78 is 0. The number of amides is 2. The number of rotatable bonds is 3. The Morgan fingerprint density at radius 3 is 2.35 bits per heavy atom. The number of likely N-dealkylation sites (N-methyl/N-ethyl adjacent to an activating group) is 1. The molecule has 112 valence electrons.